The Kier molecular flexibility index (Phi) is 6.62. The van der Waals surface area contributed by atoms with Crippen molar-refractivity contribution in [3.63, 3.8) is 0 Å². The number of rotatable bonds is 7. The summed E-state index contributed by atoms with van der Waals surface area (Å²) in [7, 11) is -3.43. The van der Waals surface area contributed by atoms with Crippen LogP contribution in [0.4, 0.5) is 0 Å². The van der Waals surface area contributed by atoms with Crippen molar-refractivity contribution < 1.29 is 17.3 Å². The molecule has 0 N–H and O–H groups in total. The lowest BCUT2D eigenvalue weighted by molar-refractivity contribution is -0.112. The van der Waals surface area contributed by atoms with Gasteiger partial charge in [0.1, 0.15) is 5.60 Å². The molecule has 0 amide bonds. The van der Waals surface area contributed by atoms with Gasteiger partial charge in [0.25, 0.3) is 10.1 Å². The van der Waals surface area contributed by atoms with Gasteiger partial charge in [0.2, 0.25) is 0 Å². The summed E-state index contributed by atoms with van der Waals surface area (Å²) < 4.78 is 35.6. The summed E-state index contributed by atoms with van der Waals surface area (Å²) in [6.45, 7) is 14.6. The lowest BCUT2D eigenvalue weighted by Crippen LogP contribution is -2.59. The van der Waals surface area contributed by atoms with Crippen molar-refractivity contribution in [2.24, 2.45) is 52.3 Å². The second kappa shape index (κ2) is 8.83. The molecule has 4 saturated carbocycles. The second-order valence-electron chi connectivity index (χ2n) is 14.0. The highest BCUT2D eigenvalue weighted by molar-refractivity contribution is 7.86. The summed E-state index contributed by atoms with van der Waals surface area (Å²) in [5.41, 5.74) is 0.455. The summed E-state index contributed by atoms with van der Waals surface area (Å²) in [5, 5.41) is 0. The molecule has 5 heteroatoms. The first kappa shape index (κ1) is 26.2. The van der Waals surface area contributed by atoms with Gasteiger partial charge in [-0.05, 0) is 98.2 Å². The first-order valence-corrected chi connectivity index (χ1v) is 16.4. The van der Waals surface area contributed by atoms with E-state index in [0.717, 1.165) is 37.0 Å². The molecule has 1 spiro atoms. The molecule has 0 unspecified atom stereocenters. The summed E-state index contributed by atoms with van der Waals surface area (Å²) in [4.78, 5) is 0. The molecule has 1 aliphatic heterocycles. The van der Waals surface area contributed by atoms with E-state index in [1.54, 1.807) is 0 Å². The molecule has 4 nitrogen and oxygen atoms in total. The van der Waals surface area contributed by atoms with Crippen molar-refractivity contribution >= 4 is 10.1 Å². The predicted molar refractivity (Wildman–Crippen MR) is 141 cm³/mol. The summed E-state index contributed by atoms with van der Waals surface area (Å²) >= 11 is 0. The number of fused-ring (bicyclic) bond motifs is 4. The monoisotopic (exact) mass is 506 g/mol. The van der Waals surface area contributed by atoms with Gasteiger partial charge in [0.05, 0.1) is 18.5 Å². The maximum Gasteiger partial charge on any atom is 0.264 e. The molecule has 35 heavy (non-hydrogen) atoms. The highest BCUT2D eigenvalue weighted by atomic mass is 32.2. The second-order valence-corrected chi connectivity index (χ2v) is 15.6. The summed E-state index contributed by atoms with van der Waals surface area (Å²) in [6.07, 6.45) is 16.8. The van der Waals surface area contributed by atoms with E-state index in [4.69, 9.17) is 8.92 Å². The number of ether oxygens (including phenoxy) is 1. The van der Waals surface area contributed by atoms with E-state index in [1.165, 1.54) is 44.8 Å². The van der Waals surface area contributed by atoms with Crippen LogP contribution in [0.25, 0.3) is 0 Å². The van der Waals surface area contributed by atoms with Crippen LogP contribution in [-0.2, 0) is 19.0 Å². The highest BCUT2D eigenvalue weighted by Crippen LogP contribution is 2.74. The van der Waals surface area contributed by atoms with Gasteiger partial charge >= 0.3 is 0 Å². The molecule has 0 bridgehead atoms. The van der Waals surface area contributed by atoms with Crippen LogP contribution in [0.2, 0.25) is 0 Å². The van der Waals surface area contributed by atoms with Gasteiger partial charge in [-0.25, -0.2) is 0 Å². The van der Waals surface area contributed by atoms with Crippen molar-refractivity contribution in [3.8, 4) is 0 Å². The third-order valence-electron chi connectivity index (χ3n) is 12.0. The quantitative estimate of drug-likeness (QED) is 0.212. The van der Waals surface area contributed by atoms with Crippen LogP contribution in [0.15, 0.2) is 12.2 Å². The fourth-order valence-corrected chi connectivity index (χ4v) is 10.8. The molecule has 0 aromatic carbocycles. The van der Waals surface area contributed by atoms with Gasteiger partial charge in [-0.3, -0.25) is 4.18 Å². The fourth-order valence-electron chi connectivity index (χ4n) is 10.2. The van der Waals surface area contributed by atoms with E-state index in [-0.39, 0.29) is 17.1 Å². The molecular formula is C30H50O4S. The molecule has 5 rings (SSSR count). The van der Waals surface area contributed by atoms with E-state index in [9.17, 15) is 8.42 Å². The molecule has 4 aliphatic carbocycles. The Morgan fingerprint density at radius 3 is 2.43 bits per heavy atom. The minimum absolute atomic E-state index is 0.143. The van der Waals surface area contributed by atoms with Gasteiger partial charge in [-0.15, -0.1) is 0 Å². The molecule has 200 valence electrons. The largest absolute Gasteiger partial charge is 0.365 e. The Morgan fingerprint density at radius 2 is 1.77 bits per heavy atom. The van der Waals surface area contributed by atoms with Gasteiger partial charge in [0, 0.05) is 11.8 Å². The SMILES string of the molecule is CC[C@H](/C=C/[C@@H](C)[C@H]1CC[C@H]2[C@@H]3C[C@H]4O[C@]45C[C@@H](OS(C)(=O)=O)CC[C@]5(C)[C@H]3CC[C@]12C)C(C)C. The average molecular weight is 507 g/mol. The Balaban J connectivity index is 1.32. The topological polar surface area (TPSA) is 55.9 Å². The van der Waals surface area contributed by atoms with Crippen LogP contribution >= 0.6 is 0 Å². The lowest BCUT2D eigenvalue weighted by atomic mass is 9.44. The van der Waals surface area contributed by atoms with Gasteiger partial charge in [0.15, 0.2) is 0 Å². The first-order chi connectivity index (χ1) is 16.3. The third-order valence-corrected chi connectivity index (χ3v) is 12.7. The van der Waals surface area contributed by atoms with Crippen molar-refractivity contribution in [1.82, 2.24) is 0 Å². The van der Waals surface area contributed by atoms with E-state index in [2.05, 4.69) is 53.7 Å². The molecular weight excluding hydrogens is 456 g/mol. The van der Waals surface area contributed by atoms with Crippen LogP contribution < -0.4 is 0 Å². The smallest absolute Gasteiger partial charge is 0.264 e. The normalized spacial score (nSPS) is 48.7. The number of allylic oxidation sites excluding steroid dienone is 2. The molecule has 5 fully saturated rings. The van der Waals surface area contributed by atoms with Crippen molar-refractivity contribution in [2.45, 2.75) is 117 Å². The molecule has 0 radical (unpaired) electrons. The number of hydrogen-bond donors (Lipinski definition) is 0. The molecule has 5 aliphatic rings. The van der Waals surface area contributed by atoms with Crippen molar-refractivity contribution in [2.75, 3.05) is 6.26 Å². The van der Waals surface area contributed by atoms with Crippen LogP contribution in [0.1, 0.15) is 99.3 Å². The highest BCUT2D eigenvalue weighted by Gasteiger charge is 2.76. The van der Waals surface area contributed by atoms with Crippen LogP contribution in [-0.4, -0.2) is 32.5 Å². The lowest BCUT2D eigenvalue weighted by Gasteiger charge is -2.59. The standard InChI is InChI=1S/C30H50O4S/c1-8-21(19(2)3)10-9-20(4)24-11-12-25-23-17-27-30(33-27)18-22(34-35(7,31)32)13-16-29(30,6)26(23)14-15-28(24,25)5/h9-10,19-27H,8,11-18H2,1-7H3/b10-9+/t20-,21-,22+,23+,24-,25+,26+,27-,28-,29-,30-/m1/s1. The van der Waals surface area contributed by atoms with E-state index >= 15 is 0 Å². The Labute approximate surface area is 215 Å². The maximum absolute atomic E-state index is 11.8. The molecule has 0 aromatic rings. The Bertz CT molecular complexity index is 942. The van der Waals surface area contributed by atoms with E-state index in [1.807, 2.05) is 0 Å². The molecule has 0 aromatic heterocycles. The molecule has 1 saturated heterocycles. The zero-order valence-electron chi connectivity index (χ0n) is 23.3. The van der Waals surface area contributed by atoms with Gasteiger partial charge < -0.3 is 4.74 Å². The minimum Gasteiger partial charge on any atom is -0.365 e. The maximum atomic E-state index is 11.8. The predicted octanol–water partition coefficient (Wildman–Crippen LogP) is 7.00. The minimum atomic E-state index is -3.43. The molecule has 11 atom stereocenters. The first-order valence-electron chi connectivity index (χ1n) is 14.6. The zero-order chi connectivity index (χ0) is 25.4. The molecule has 1 heterocycles. The van der Waals surface area contributed by atoms with E-state index in [0.29, 0.717) is 35.2 Å². The number of epoxide rings is 1. The fraction of sp³-hybridized carbons (Fsp3) is 0.933. The van der Waals surface area contributed by atoms with Gasteiger partial charge in [-0.1, -0.05) is 53.7 Å². The summed E-state index contributed by atoms with van der Waals surface area (Å²) in [5.74, 6) is 5.10. The Hall–Kier alpha value is -0.390. The van der Waals surface area contributed by atoms with Crippen LogP contribution in [0, 0.1) is 52.3 Å². The average Bonchev–Trinajstić information content (AvgIpc) is 3.34. The van der Waals surface area contributed by atoms with Crippen molar-refractivity contribution in [3.05, 3.63) is 12.2 Å². The third kappa shape index (κ3) is 4.18. The van der Waals surface area contributed by atoms with Gasteiger partial charge in [-0.2, -0.15) is 8.42 Å². The zero-order valence-corrected chi connectivity index (χ0v) is 24.1. The van der Waals surface area contributed by atoms with Crippen LogP contribution in [0.5, 0.6) is 0 Å². The van der Waals surface area contributed by atoms with Crippen molar-refractivity contribution in [1.29, 1.82) is 0 Å². The van der Waals surface area contributed by atoms with E-state index < -0.39 is 10.1 Å². The number of hydrogen-bond acceptors (Lipinski definition) is 4. The van der Waals surface area contributed by atoms with Crippen LogP contribution in [0.3, 0.4) is 0 Å². The summed E-state index contributed by atoms with van der Waals surface area (Å²) in [6, 6.07) is 0. The Morgan fingerprint density at radius 1 is 1.03 bits per heavy atom.